The third-order valence-corrected chi connectivity index (χ3v) is 4.22. The Morgan fingerprint density at radius 2 is 1.95 bits per heavy atom. The standard InChI is InChI=1S/C17H21FN2O/c1-21-16-7-6-13-4-2-3-5-14(13)17(16)15(12-18)20-10-8-19-9-11-20/h2-7,15,19H,8-12H2,1H3/t15-/m1/s1. The van der Waals surface area contributed by atoms with E-state index in [1.165, 1.54) is 0 Å². The van der Waals surface area contributed by atoms with Crippen LogP contribution in [0.4, 0.5) is 4.39 Å². The van der Waals surface area contributed by atoms with Crippen LogP contribution in [-0.2, 0) is 0 Å². The average molecular weight is 288 g/mol. The van der Waals surface area contributed by atoms with Crippen LogP contribution in [0.2, 0.25) is 0 Å². The molecule has 0 radical (unpaired) electrons. The van der Waals surface area contributed by atoms with Gasteiger partial charge in [0.25, 0.3) is 0 Å². The van der Waals surface area contributed by atoms with Gasteiger partial charge < -0.3 is 10.1 Å². The topological polar surface area (TPSA) is 24.5 Å². The smallest absolute Gasteiger partial charge is 0.124 e. The van der Waals surface area contributed by atoms with Gasteiger partial charge in [0.05, 0.1) is 13.2 Å². The quantitative estimate of drug-likeness (QED) is 0.936. The molecule has 3 nitrogen and oxygen atoms in total. The second-order valence-corrected chi connectivity index (χ2v) is 5.36. The van der Waals surface area contributed by atoms with E-state index >= 15 is 0 Å². The molecule has 0 unspecified atom stereocenters. The molecule has 1 fully saturated rings. The molecular weight excluding hydrogens is 267 g/mol. The largest absolute Gasteiger partial charge is 0.496 e. The fraction of sp³-hybridized carbons (Fsp3) is 0.412. The monoisotopic (exact) mass is 288 g/mol. The van der Waals surface area contributed by atoms with Crippen LogP contribution in [0.25, 0.3) is 10.8 Å². The minimum Gasteiger partial charge on any atom is -0.496 e. The van der Waals surface area contributed by atoms with E-state index in [0.29, 0.717) is 0 Å². The molecule has 1 aliphatic heterocycles. The van der Waals surface area contributed by atoms with Gasteiger partial charge in [0.2, 0.25) is 0 Å². The Hall–Kier alpha value is -1.65. The van der Waals surface area contributed by atoms with E-state index in [9.17, 15) is 4.39 Å². The molecule has 1 aliphatic rings. The maximum absolute atomic E-state index is 13.9. The summed E-state index contributed by atoms with van der Waals surface area (Å²) in [5, 5.41) is 5.52. The van der Waals surface area contributed by atoms with Crippen molar-refractivity contribution in [1.82, 2.24) is 10.2 Å². The summed E-state index contributed by atoms with van der Waals surface area (Å²) in [6, 6.07) is 11.9. The van der Waals surface area contributed by atoms with Crippen molar-refractivity contribution in [2.24, 2.45) is 0 Å². The summed E-state index contributed by atoms with van der Waals surface area (Å²) in [7, 11) is 1.65. The van der Waals surface area contributed by atoms with Crippen LogP contribution in [0.1, 0.15) is 11.6 Å². The number of piperazine rings is 1. The number of nitrogens with zero attached hydrogens (tertiary/aromatic N) is 1. The van der Waals surface area contributed by atoms with Gasteiger partial charge >= 0.3 is 0 Å². The number of methoxy groups -OCH3 is 1. The van der Waals surface area contributed by atoms with Crippen molar-refractivity contribution >= 4 is 10.8 Å². The molecule has 4 heteroatoms. The van der Waals surface area contributed by atoms with Crippen molar-refractivity contribution in [3.8, 4) is 5.75 Å². The van der Waals surface area contributed by atoms with Crippen molar-refractivity contribution in [3.05, 3.63) is 42.0 Å². The van der Waals surface area contributed by atoms with Gasteiger partial charge in [0.1, 0.15) is 12.4 Å². The molecule has 0 spiro atoms. The molecule has 2 aromatic rings. The zero-order valence-electron chi connectivity index (χ0n) is 12.3. The molecule has 0 amide bonds. The predicted octanol–water partition coefficient (Wildman–Crippen LogP) is 2.76. The van der Waals surface area contributed by atoms with Crippen molar-refractivity contribution in [2.45, 2.75) is 6.04 Å². The summed E-state index contributed by atoms with van der Waals surface area (Å²) in [5.41, 5.74) is 0.972. The van der Waals surface area contributed by atoms with E-state index in [1.54, 1.807) is 7.11 Å². The molecule has 21 heavy (non-hydrogen) atoms. The van der Waals surface area contributed by atoms with Gasteiger partial charge in [-0.1, -0.05) is 30.3 Å². The lowest BCUT2D eigenvalue weighted by Gasteiger charge is -2.34. The van der Waals surface area contributed by atoms with Crippen LogP contribution < -0.4 is 10.1 Å². The molecule has 3 rings (SSSR count). The van der Waals surface area contributed by atoms with E-state index < -0.39 is 6.67 Å². The van der Waals surface area contributed by atoms with Gasteiger partial charge in [-0.3, -0.25) is 4.90 Å². The van der Waals surface area contributed by atoms with E-state index in [4.69, 9.17) is 4.74 Å². The van der Waals surface area contributed by atoms with Crippen LogP contribution in [-0.4, -0.2) is 44.9 Å². The van der Waals surface area contributed by atoms with Gasteiger partial charge in [0.15, 0.2) is 0 Å². The van der Waals surface area contributed by atoms with Gasteiger partial charge in [0, 0.05) is 31.7 Å². The van der Waals surface area contributed by atoms with Crippen LogP contribution in [0.15, 0.2) is 36.4 Å². The molecule has 0 bridgehead atoms. The number of ether oxygens (including phenoxy) is 1. The first-order chi connectivity index (χ1) is 10.3. The highest BCUT2D eigenvalue weighted by Gasteiger charge is 2.26. The van der Waals surface area contributed by atoms with Gasteiger partial charge in [-0.15, -0.1) is 0 Å². The van der Waals surface area contributed by atoms with Crippen molar-refractivity contribution in [1.29, 1.82) is 0 Å². The predicted molar refractivity (Wildman–Crippen MR) is 83.7 cm³/mol. The summed E-state index contributed by atoms with van der Waals surface area (Å²) in [6.07, 6.45) is 0. The SMILES string of the molecule is COc1ccc2ccccc2c1[C@@H](CF)N1CCNCC1. The van der Waals surface area contributed by atoms with E-state index in [0.717, 1.165) is 48.3 Å². The number of fused-ring (bicyclic) bond motifs is 1. The highest BCUT2D eigenvalue weighted by molar-refractivity contribution is 5.88. The summed E-state index contributed by atoms with van der Waals surface area (Å²) in [6.45, 7) is 3.14. The summed E-state index contributed by atoms with van der Waals surface area (Å²) in [4.78, 5) is 2.21. The first-order valence-corrected chi connectivity index (χ1v) is 7.41. The highest BCUT2D eigenvalue weighted by Crippen LogP contribution is 2.36. The fourth-order valence-electron chi connectivity index (χ4n) is 3.15. The normalized spacial score (nSPS) is 17.8. The Labute approximate surface area is 124 Å². The number of hydrogen-bond donors (Lipinski definition) is 1. The number of benzene rings is 2. The number of nitrogens with one attached hydrogen (secondary N) is 1. The molecule has 0 aliphatic carbocycles. The van der Waals surface area contributed by atoms with Gasteiger partial charge in [-0.2, -0.15) is 0 Å². The molecule has 1 N–H and O–H groups in total. The highest BCUT2D eigenvalue weighted by atomic mass is 19.1. The zero-order valence-corrected chi connectivity index (χ0v) is 12.3. The Morgan fingerprint density at radius 3 is 2.67 bits per heavy atom. The summed E-state index contributed by atoms with van der Waals surface area (Å²) >= 11 is 0. The Balaban J connectivity index is 2.10. The van der Waals surface area contributed by atoms with Gasteiger partial charge in [-0.05, 0) is 16.8 Å². The summed E-state index contributed by atoms with van der Waals surface area (Å²) < 4.78 is 19.4. The third kappa shape index (κ3) is 2.74. The molecule has 112 valence electrons. The minimum absolute atomic E-state index is 0.242. The maximum atomic E-state index is 13.9. The lowest BCUT2D eigenvalue weighted by Crippen LogP contribution is -2.45. The minimum atomic E-state index is -0.398. The number of hydrogen-bond acceptors (Lipinski definition) is 3. The molecular formula is C17H21FN2O. The number of halogens is 1. The molecule has 0 saturated carbocycles. The Kier molecular flexibility index (Phi) is 4.36. The van der Waals surface area contributed by atoms with Crippen molar-refractivity contribution in [2.75, 3.05) is 40.0 Å². The molecule has 1 saturated heterocycles. The number of rotatable bonds is 4. The fourth-order valence-corrected chi connectivity index (χ4v) is 3.15. The van der Waals surface area contributed by atoms with E-state index in [1.807, 2.05) is 24.3 Å². The second kappa shape index (κ2) is 6.41. The lowest BCUT2D eigenvalue weighted by molar-refractivity contribution is 0.146. The van der Waals surface area contributed by atoms with Crippen LogP contribution in [0, 0.1) is 0 Å². The van der Waals surface area contributed by atoms with E-state index in [-0.39, 0.29) is 6.04 Å². The van der Waals surface area contributed by atoms with Crippen LogP contribution >= 0.6 is 0 Å². The Bertz CT molecular complexity index is 611. The zero-order chi connectivity index (χ0) is 14.7. The van der Waals surface area contributed by atoms with Gasteiger partial charge in [-0.25, -0.2) is 4.39 Å². The van der Waals surface area contributed by atoms with E-state index in [2.05, 4.69) is 22.3 Å². The summed E-state index contributed by atoms with van der Waals surface area (Å²) in [5.74, 6) is 0.773. The van der Waals surface area contributed by atoms with Crippen LogP contribution in [0.5, 0.6) is 5.75 Å². The van der Waals surface area contributed by atoms with Crippen molar-refractivity contribution in [3.63, 3.8) is 0 Å². The van der Waals surface area contributed by atoms with Crippen molar-refractivity contribution < 1.29 is 9.13 Å². The Morgan fingerprint density at radius 1 is 1.19 bits per heavy atom. The maximum Gasteiger partial charge on any atom is 0.124 e. The molecule has 1 atom stereocenters. The number of alkyl halides is 1. The molecule has 2 aromatic carbocycles. The first kappa shape index (κ1) is 14.3. The first-order valence-electron chi connectivity index (χ1n) is 7.41. The third-order valence-electron chi connectivity index (χ3n) is 4.22. The lowest BCUT2D eigenvalue weighted by atomic mass is 9.96. The van der Waals surface area contributed by atoms with Crippen LogP contribution in [0.3, 0.4) is 0 Å². The average Bonchev–Trinajstić information content (AvgIpc) is 2.56. The molecule has 0 aromatic heterocycles. The second-order valence-electron chi connectivity index (χ2n) is 5.36. The molecule has 1 heterocycles.